The van der Waals surface area contributed by atoms with Gasteiger partial charge in [-0.2, -0.15) is 4.31 Å². The second-order valence-corrected chi connectivity index (χ2v) is 11.4. The Hall–Kier alpha value is -3.19. The number of rotatable bonds is 6. The molecule has 11 nitrogen and oxygen atoms in total. The number of likely N-dealkylation sites (tertiary alicyclic amines) is 1. The van der Waals surface area contributed by atoms with Crippen LogP contribution in [0, 0.1) is 6.92 Å². The second-order valence-electron chi connectivity index (χ2n) is 9.58. The maximum Gasteiger partial charge on any atom is 0.338 e. The van der Waals surface area contributed by atoms with Crippen molar-refractivity contribution in [2.24, 2.45) is 0 Å². The number of aromatic nitrogens is 4. The molecule has 2 bridgehead atoms. The maximum atomic E-state index is 13.5. The summed E-state index contributed by atoms with van der Waals surface area (Å²) in [4.78, 5) is 14.2. The maximum absolute atomic E-state index is 13.5. The first kappa shape index (κ1) is 23.2. The fraction of sp³-hybridized carbons (Fsp3) is 0.417. The number of ether oxygens (including phenoxy) is 1. The number of nitrogens with zero attached hydrogens (tertiary/aromatic N) is 6. The molecule has 2 aromatic carbocycles. The number of fused-ring (bicyclic) bond motifs is 3. The fourth-order valence-electron chi connectivity index (χ4n) is 5.74. The highest BCUT2D eigenvalue weighted by atomic mass is 32.2. The van der Waals surface area contributed by atoms with Crippen molar-refractivity contribution >= 4 is 16.0 Å². The Labute approximate surface area is 208 Å². The van der Waals surface area contributed by atoms with Gasteiger partial charge in [0, 0.05) is 37.3 Å². The highest BCUT2D eigenvalue weighted by Gasteiger charge is 2.47. The van der Waals surface area contributed by atoms with Crippen LogP contribution in [0.25, 0.3) is 5.69 Å². The Morgan fingerprint density at radius 3 is 2.50 bits per heavy atom. The third-order valence-electron chi connectivity index (χ3n) is 7.51. The molecule has 0 spiro atoms. The van der Waals surface area contributed by atoms with E-state index in [0.29, 0.717) is 30.9 Å². The van der Waals surface area contributed by atoms with Gasteiger partial charge < -0.3 is 9.84 Å². The van der Waals surface area contributed by atoms with Crippen LogP contribution < -0.4 is 0 Å². The van der Waals surface area contributed by atoms with Crippen LogP contribution in [0.4, 0.5) is 0 Å². The lowest BCUT2D eigenvalue weighted by Gasteiger charge is -2.40. The van der Waals surface area contributed by atoms with E-state index in [4.69, 9.17) is 4.74 Å². The predicted octanol–water partition coefficient (Wildman–Crippen LogP) is 1.21. The number of carbonyl (C=O) groups excluding carboxylic acids is 1. The standard InChI is InChI=1S/C24H26N6O5S/c1-15-20(8-9-21-22(15)13-35-24(21)32)23(31)12-28-10-17-2-3-18(11-28)30(17)36(33,34)19-6-4-16(5-7-19)29-14-25-26-27-29/h4-9,14,17-18,23,31H,2-3,10-13H2,1H3/t17-,18-,23-/m0/s1. The van der Waals surface area contributed by atoms with Gasteiger partial charge in [0.25, 0.3) is 0 Å². The second kappa shape index (κ2) is 8.73. The van der Waals surface area contributed by atoms with Crippen molar-refractivity contribution in [2.45, 2.75) is 49.5 Å². The molecule has 6 rings (SSSR count). The number of esters is 1. The van der Waals surface area contributed by atoms with Crippen molar-refractivity contribution in [3.05, 3.63) is 65.0 Å². The summed E-state index contributed by atoms with van der Waals surface area (Å²) in [5.41, 5.74) is 3.72. The van der Waals surface area contributed by atoms with E-state index in [-0.39, 0.29) is 29.6 Å². The number of β-amino-alcohol motifs (C(OH)–C–C–N with tert-alkyl or cyclic N) is 1. The SMILES string of the molecule is Cc1c([C@@H](O)CN2C[C@@H]3CC[C@@H](C2)N3S(=O)(=O)c2ccc(-n3cnnn3)cc2)ccc2c1COC2=O. The molecule has 0 saturated carbocycles. The summed E-state index contributed by atoms with van der Waals surface area (Å²) in [5, 5.41) is 22.1. The summed E-state index contributed by atoms with van der Waals surface area (Å²) in [6.07, 6.45) is 2.29. The lowest BCUT2D eigenvalue weighted by atomic mass is 9.95. The number of hydrogen-bond acceptors (Lipinski definition) is 9. The highest BCUT2D eigenvalue weighted by Crippen LogP contribution is 2.37. The van der Waals surface area contributed by atoms with Gasteiger partial charge in [0.2, 0.25) is 10.0 Å². The van der Waals surface area contributed by atoms with Crippen molar-refractivity contribution in [1.29, 1.82) is 0 Å². The molecular formula is C24H26N6O5S. The van der Waals surface area contributed by atoms with Crippen LogP contribution in [-0.2, 0) is 21.4 Å². The van der Waals surface area contributed by atoms with Gasteiger partial charge in [-0.3, -0.25) is 4.90 Å². The molecule has 3 aliphatic heterocycles. The molecule has 12 heteroatoms. The molecular weight excluding hydrogens is 484 g/mol. The van der Waals surface area contributed by atoms with E-state index >= 15 is 0 Å². The van der Waals surface area contributed by atoms with Crippen LogP contribution in [0.1, 0.15) is 46.0 Å². The van der Waals surface area contributed by atoms with Gasteiger partial charge >= 0.3 is 5.97 Å². The van der Waals surface area contributed by atoms with E-state index in [1.54, 1.807) is 40.7 Å². The minimum atomic E-state index is -3.67. The van der Waals surface area contributed by atoms with Crippen LogP contribution in [0.5, 0.6) is 0 Å². The molecule has 1 N–H and O–H groups in total. The Bertz CT molecular complexity index is 1400. The number of sulfonamides is 1. The third-order valence-corrected chi connectivity index (χ3v) is 9.53. The number of aliphatic hydroxyl groups excluding tert-OH is 1. The van der Waals surface area contributed by atoms with E-state index in [9.17, 15) is 18.3 Å². The molecule has 188 valence electrons. The van der Waals surface area contributed by atoms with Crippen LogP contribution >= 0.6 is 0 Å². The molecule has 0 aliphatic carbocycles. The molecule has 36 heavy (non-hydrogen) atoms. The van der Waals surface area contributed by atoms with Crippen molar-refractivity contribution in [3.63, 3.8) is 0 Å². The number of tetrazole rings is 1. The number of piperazine rings is 1. The van der Waals surface area contributed by atoms with Crippen molar-refractivity contribution in [3.8, 4) is 5.69 Å². The predicted molar refractivity (Wildman–Crippen MR) is 127 cm³/mol. The molecule has 0 unspecified atom stereocenters. The molecule has 3 aromatic rings. The zero-order valence-electron chi connectivity index (χ0n) is 19.7. The van der Waals surface area contributed by atoms with Crippen molar-refractivity contribution < 1.29 is 23.1 Å². The molecule has 4 heterocycles. The Morgan fingerprint density at radius 2 is 1.83 bits per heavy atom. The van der Waals surface area contributed by atoms with Crippen LogP contribution in [-0.4, -0.2) is 80.6 Å². The van der Waals surface area contributed by atoms with Gasteiger partial charge in [0.15, 0.2) is 0 Å². The molecule has 2 saturated heterocycles. The zero-order valence-corrected chi connectivity index (χ0v) is 20.5. The summed E-state index contributed by atoms with van der Waals surface area (Å²) in [6, 6.07) is 9.78. The Kier molecular flexibility index (Phi) is 5.63. The minimum absolute atomic E-state index is 0.146. The normalized spacial score (nSPS) is 23.0. The Morgan fingerprint density at radius 1 is 1.11 bits per heavy atom. The quantitative estimate of drug-likeness (QED) is 0.486. The third kappa shape index (κ3) is 3.81. The number of carbonyl (C=O) groups is 1. The molecule has 3 atom stereocenters. The lowest BCUT2D eigenvalue weighted by molar-refractivity contribution is 0.0535. The summed E-state index contributed by atoms with van der Waals surface area (Å²) in [6.45, 7) is 3.65. The Balaban J connectivity index is 1.16. The number of hydrogen-bond donors (Lipinski definition) is 1. The highest BCUT2D eigenvalue weighted by molar-refractivity contribution is 7.89. The van der Waals surface area contributed by atoms with Gasteiger partial charge in [-0.25, -0.2) is 17.9 Å². The number of cyclic esters (lactones) is 1. The average Bonchev–Trinajstić information content (AvgIpc) is 3.59. The van der Waals surface area contributed by atoms with Gasteiger partial charge in [-0.05, 0) is 71.7 Å². The molecule has 3 aliphatic rings. The average molecular weight is 511 g/mol. The largest absolute Gasteiger partial charge is 0.457 e. The van der Waals surface area contributed by atoms with E-state index in [0.717, 1.165) is 29.5 Å². The van der Waals surface area contributed by atoms with Gasteiger partial charge in [-0.15, -0.1) is 5.10 Å². The summed E-state index contributed by atoms with van der Waals surface area (Å²) in [7, 11) is -3.67. The van der Waals surface area contributed by atoms with E-state index < -0.39 is 16.1 Å². The van der Waals surface area contributed by atoms with E-state index in [2.05, 4.69) is 20.4 Å². The molecule has 0 radical (unpaired) electrons. The first-order valence-electron chi connectivity index (χ1n) is 11.9. The zero-order chi connectivity index (χ0) is 25.0. The fourth-order valence-corrected chi connectivity index (χ4v) is 7.59. The summed E-state index contributed by atoms with van der Waals surface area (Å²) < 4.78 is 35.4. The molecule has 0 amide bonds. The lowest BCUT2D eigenvalue weighted by Crippen LogP contribution is -2.56. The van der Waals surface area contributed by atoms with Crippen molar-refractivity contribution in [2.75, 3.05) is 19.6 Å². The van der Waals surface area contributed by atoms with Crippen LogP contribution in [0.2, 0.25) is 0 Å². The molecule has 2 fully saturated rings. The molecule has 1 aromatic heterocycles. The van der Waals surface area contributed by atoms with Crippen molar-refractivity contribution in [1.82, 2.24) is 29.4 Å². The van der Waals surface area contributed by atoms with Gasteiger partial charge in [-0.1, -0.05) is 6.07 Å². The van der Waals surface area contributed by atoms with Gasteiger partial charge in [0.1, 0.15) is 12.9 Å². The first-order chi connectivity index (χ1) is 17.3. The van der Waals surface area contributed by atoms with Crippen LogP contribution in [0.15, 0.2) is 47.6 Å². The van der Waals surface area contributed by atoms with Gasteiger partial charge in [0.05, 0.1) is 22.3 Å². The number of benzene rings is 2. The first-order valence-corrected chi connectivity index (χ1v) is 13.3. The van der Waals surface area contributed by atoms with E-state index in [1.807, 2.05) is 6.92 Å². The minimum Gasteiger partial charge on any atom is -0.457 e. The number of aliphatic hydroxyl groups is 1. The smallest absolute Gasteiger partial charge is 0.338 e. The monoisotopic (exact) mass is 510 g/mol. The van der Waals surface area contributed by atoms with E-state index in [1.165, 1.54) is 11.0 Å². The summed E-state index contributed by atoms with van der Waals surface area (Å²) >= 11 is 0. The summed E-state index contributed by atoms with van der Waals surface area (Å²) in [5.74, 6) is -0.326. The topological polar surface area (TPSA) is 131 Å². The van der Waals surface area contributed by atoms with Crippen LogP contribution in [0.3, 0.4) is 0 Å².